The third-order valence-corrected chi connectivity index (χ3v) is 8.10. The molecule has 12 heteroatoms. The summed E-state index contributed by atoms with van der Waals surface area (Å²) in [6.07, 6.45) is 0. The standard InChI is InChI=1S/C29H25BrClN5O5/c1-41-20-10-8-19(9-11-20)36-25(27(38)33-24(26(32)37)17-5-3-2-4-6-17)23-16-34(13-14-35(23)29(36)40)28(39)18-7-12-21(30)22(31)15-18/h2-12,15,24H,13-14,16H2,1H3,(H2,32,37)(H,33,38). The van der Waals surface area contributed by atoms with Gasteiger partial charge in [0.05, 0.1) is 30.1 Å². The minimum absolute atomic E-state index is 0.00585. The van der Waals surface area contributed by atoms with Crippen LogP contribution in [0, 0.1) is 0 Å². The first-order valence-corrected chi connectivity index (χ1v) is 13.7. The summed E-state index contributed by atoms with van der Waals surface area (Å²) in [6, 6.07) is 19.0. The fraction of sp³-hybridized carbons (Fsp3) is 0.172. The summed E-state index contributed by atoms with van der Waals surface area (Å²) in [6.45, 7) is 0.368. The van der Waals surface area contributed by atoms with Gasteiger partial charge in [0.2, 0.25) is 5.91 Å². The molecule has 0 spiro atoms. The summed E-state index contributed by atoms with van der Waals surface area (Å²) in [7, 11) is 1.52. The number of primary amides is 1. The predicted octanol–water partition coefficient (Wildman–Crippen LogP) is 3.68. The van der Waals surface area contributed by atoms with Gasteiger partial charge in [0.25, 0.3) is 11.8 Å². The van der Waals surface area contributed by atoms with E-state index in [4.69, 9.17) is 22.1 Å². The van der Waals surface area contributed by atoms with Crippen molar-refractivity contribution in [1.29, 1.82) is 0 Å². The monoisotopic (exact) mass is 637 g/mol. The Hall–Kier alpha value is -4.35. The fourth-order valence-electron chi connectivity index (χ4n) is 4.81. The molecule has 0 aliphatic carbocycles. The lowest BCUT2D eigenvalue weighted by atomic mass is 10.1. The number of nitrogens with one attached hydrogen (secondary N) is 1. The molecule has 41 heavy (non-hydrogen) atoms. The number of fused-ring (bicyclic) bond motifs is 1. The van der Waals surface area contributed by atoms with E-state index in [1.165, 1.54) is 16.2 Å². The molecule has 3 aromatic carbocycles. The van der Waals surface area contributed by atoms with Gasteiger partial charge in [0.15, 0.2) is 0 Å². The van der Waals surface area contributed by atoms with Crippen molar-refractivity contribution in [2.24, 2.45) is 5.73 Å². The van der Waals surface area contributed by atoms with Crippen LogP contribution < -0.4 is 21.5 Å². The van der Waals surface area contributed by atoms with Gasteiger partial charge in [-0.2, -0.15) is 0 Å². The minimum Gasteiger partial charge on any atom is -0.497 e. The maximum atomic E-state index is 13.9. The molecule has 5 rings (SSSR count). The predicted molar refractivity (Wildman–Crippen MR) is 156 cm³/mol. The van der Waals surface area contributed by atoms with Gasteiger partial charge in [-0.25, -0.2) is 4.79 Å². The lowest BCUT2D eigenvalue weighted by Crippen LogP contribution is -2.41. The number of nitrogens with two attached hydrogens (primary N) is 1. The van der Waals surface area contributed by atoms with Crippen LogP contribution in [0.4, 0.5) is 0 Å². The SMILES string of the molecule is COc1ccc(-n2c(C(=O)NC(C(N)=O)c3ccccc3)c3n(c2=O)CCN(C(=O)c2ccc(Br)c(Cl)c2)C3)cc1. The van der Waals surface area contributed by atoms with Crippen LogP contribution in [-0.2, 0) is 17.9 Å². The van der Waals surface area contributed by atoms with Crippen molar-refractivity contribution in [2.45, 2.75) is 19.1 Å². The maximum absolute atomic E-state index is 13.9. The van der Waals surface area contributed by atoms with Gasteiger partial charge in [-0.15, -0.1) is 0 Å². The molecule has 1 aromatic heterocycles. The number of nitrogens with zero attached hydrogens (tertiary/aromatic N) is 3. The molecule has 0 bridgehead atoms. The Labute approximate surface area is 248 Å². The lowest BCUT2D eigenvalue weighted by Gasteiger charge is -2.28. The van der Waals surface area contributed by atoms with Crippen LogP contribution in [0.1, 0.15) is 38.1 Å². The molecule has 3 N–H and O–H groups in total. The van der Waals surface area contributed by atoms with Crippen molar-refractivity contribution in [2.75, 3.05) is 13.7 Å². The van der Waals surface area contributed by atoms with E-state index in [9.17, 15) is 19.2 Å². The lowest BCUT2D eigenvalue weighted by molar-refractivity contribution is -0.120. The molecule has 0 saturated carbocycles. The van der Waals surface area contributed by atoms with E-state index in [0.717, 1.165) is 0 Å². The molecule has 210 valence electrons. The number of halogens is 2. The first-order valence-electron chi connectivity index (χ1n) is 12.6. The molecular formula is C29H25BrClN5O5. The number of aromatic nitrogens is 2. The Morgan fingerprint density at radius 2 is 1.73 bits per heavy atom. The van der Waals surface area contributed by atoms with Crippen LogP contribution in [0.5, 0.6) is 5.75 Å². The van der Waals surface area contributed by atoms with Crippen LogP contribution in [0.2, 0.25) is 5.02 Å². The van der Waals surface area contributed by atoms with E-state index in [-0.39, 0.29) is 31.2 Å². The second kappa shape index (κ2) is 11.6. The molecule has 1 aliphatic rings. The highest BCUT2D eigenvalue weighted by Crippen LogP contribution is 2.26. The van der Waals surface area contributed by atoms with Crippen molar-refractivity contribution in [3.63, 3.8) is 0 Å². The smallest absolute Gasteiger partial charge is 0.333 e. The highest BCUT2D eigenvalue weighted by molar-refractivity contribution is 9.10. The van der Waals surface area contributed by atoms with Gasteiger partial charge in [0, 0.05) is 23.1 Å². The van der Waals surface area contributed by atoms with Crippen molar-refractivity contribution >= 4 is 45.3 Å². The molecule has 2 heterocycles. The number of hydrogen-bond donors (Lipinski definition) is 2. The Kier molecular flexibility index (Phi) is 8.00. The molecular weight excluding hydrogens is 614 g/mol. The highest BCUT2D eigenvalue weighted by atomic mass is 79.9. The molecule has 0 saturated heterocycles. The van der Waals surface area contributed by atoms with Crippen LogP contribution in [0.25, 0.3) is 5.69 Å². The number of imidazole rings is 1. The molecule has 1 aliphatic heterocycles. The Morgan fingerprint density at radius 1 is 1.02 bits per heavy atom. The van der Waals surface area contributed by atoms with E-state index in [0.29, 0.717) is 37.8 Å². The maximum Gasteiger partial charge on any atom is 0.333 e. The first kappa shape index (κ1) is 28.2. The molecule has 1 unspecified atom stereocenters. The van der Waals surface area contributed by atoms with Gasteiger partial charge >= 0.3 is 5.69 Å². The second-order valence-corrected chi connectivity index (χ2v) is 10.6. The number of ether oxygens (including phenoxy) is 1. The number of carbonyl (C=O) groups excluding carboxylic acids is 3. The van der Waals surface area contributed by atoms with Gasteiger partial charge in [-0.3, -0.25) is 23.5 Å². The zero-order chi connectivity index (χ0) is 29.3. The van der Waals surface area contributed by atoms with Crippen LogP contribution in [0.3, 0.4) is 0 Å². The Bertz CT molecular complexity index is 1700. The fourth-order valence-corrected chi connectivity index (χ4v) is 5.24. The molecule has 10 nitrogen and oxygen atoms in total. The van der Waals surface area contributed by atoms with Crippen LogP contribution in [0.15, 0.2) is 82.1 Å². The Balaban J connectivity index is 1.59. The van der Waals surface area contributed by atoms with E-state index in [2.05, 4.69) is 21.2 Å². The van der Waals surface area contributed by atoms with Gasteiger partial charge in [0.1, 0.15) is 17.5 Å². The third kappa shape index (κ3) is 5.50. The van der Waals surface area contributed by atoms with Gasteiger partial charge < -0.3 is 20.7 Å². The van der Waals surface area contributed by atoms with Crippen molar-refractivity contribution in [1.82, 2.24) is 19.4 Å². The minimum atomic E-state index is -1.15. The van der Waals surface area contributed by atoms with E-state index < -0.39 is 23.5 Å². The first-order chi connectivity index (χ1) is 19.7. The summed E-state index contributed by atoms with van der Waals surface area (Å²) >= 11 is 9.54. The number of methoxy groups -OCH3 is 1. The zero-order valence-electron chi connectivity index (χ0n) is 21.8. The third-order valence-electron chi connectivity index (χ3n) is 6.87. The molecule has 1 atom stereocenters. The van der Waals surface area contributed by atoms with E-state index in [1.54, 1.807) is 77.7 Å². The van der Waals surface area contributed by atoms with Crippen molar-refractivity contribution in [3.05, 3.63) is 115 Å². The Morgan fingerprint density at radius 3 is 2.37 bits per heavy atom. The topological polar surface area (TPSA) is 129 Å². The van der Waals surface area contributed by atoms with E-state index in [1.807, 2.05) is 0 Å². The molecule has 0 radical (unpaired) electrons. The largest absolute Gasteiger partial charge is 0.497 e. The molecule has 0 fully saturated rings. The number of rotatable bonds is 7. The normalized spacial score (nSPS) is 13.3. The number of amides is 3. The summed E-state index contributed by atoms with van der Waals surface area (Å²) in [5.74, 6) is -1.19. The van der Waals surface area contributed by atoms with Crippen molar-refractivity contribution in [3.8, 4) is 11.4 Å². The average molecular weight is 639 g/mol. The highest BCUT2D eigenvalue weighted by Gasteiger charge is 2.33. The number of carbonyl (C=O) groups is 3. The average Bonchev–Trinajstić information content (AvgIpc) is 3.28. The van der Waals surface area contributed by atoms with Crippen molar-refractivity contribution < 1.29 is 19.1 Å². The summed E-state index contributed by atoms with van der Waals surface area (Å²) in [5, 5.41) is 3.08. The quantitative estimate of drug-likeness (QED) is 0.319. The number of hydrogen-bond acceptors (Lipinski definition) is 5. The van der Waals surface area contributed by atoms with Crippen LogP contribution in [-0.4, -0.2) is 45.4 Å². The molecule has 3 amide bonds. The summed E-state index contributed by atoms with van der Waals surface area (Å²) in [5.41, 5.74) is 6.79. The van der Waals surface area contributed by atoms with Crippen LogP contribution >= 0.6 is 27.5 Å². The van der Waals surface area contributed by atoms with Gasteiger partial charge in [-0.1, -0.05) is 41.9 Å². The molecule has 4 aromatic rings. The summed E-state index contributed by atoms with van der Waals surface area (Å²) < 4.78 is 8.64. The zero-order valence-corrected chi connectivity index (χ0v) is 24.2. The van der Waals surface area contributed by atoms with E-state index >= 15 is 0 Å². The summed E-state index contributed by atoms with van der Waals surface area (Å²) in [4.78, 5) is 55.0. The second-order valence-electron chi connectivity index (χ2n) is 9.34. The van der Waals surface area contributed by atoms with Gasteiger partial charge in [-0.05, 0) is 64.0 Å². The number of benzene rings is 3.